The van der Waals surface area contributed by atoms with Gasteiger partial charge in [0.2, 0.25) is 6.79 Å². The number of quaternary nitrogens is 1. The summed E-state index contributed by atoms with van der Waals surface area (Å²) in [7, 11) is 0. The van der Waals surface area contributed by atoms with Gasteiger partial charge in [-0.25, -0.2) is 0 Å². The Kier molecular flexibility index (Phi) is 3.86. The molecule has 1 atom stereocenters. The van der Waals surface area contributed by atoms with Gasteiger partial charge in [-0.15, -0.1) is 0 Å². The van der Waals surface area contributed by atoms with Gasteiger partial charge < -0.3 is 19.7 Å². The second-order valence-corrected chi connectivity index (χ2v) is 6.44. The minimum Gasteiger partial charge on any atom is -0.454 e. The van der Waals surface area contributed by atoms with Crippen molar-refractivity contribution in [2.24, 2.45) is 0 Å². The number of benzene rings is 2. The molecule has 2 aromatic rings. The molecule has 124 valence electrons. The van der Waals surface area contributed by atoms with Crippen molar-refractivity contribution in [2.45, 2.75) is 19.9 Å². The fourth-order valence-corrected chi connectivity index (χ4v) is 3.39. The van der Waals surface area contributed by atoms with E-state index in [9.17, 15) is 4.79 Å². The highest BCUT2D eigenvalue weighted by Crippen LogP contribution is 2.36. The maximum Gasteiger partial charge on any atom is 0.279 e. The maximum atomic E-state index is 12.4. The number of rotatable bonds is 3. The summed E-state index contributed by atoms with van der Waals surface area (Å²) in [6, 6.07) is 12.2. The van der Waals surface area contributed by atoms with Crippen molar-refractivity contribution in [3.05, 3.63) is 53.1 Å². The molecule has 2 heterocycles. The van der Waals surface area contributed by atoms with Gasteiger partial charge in [-0.3, -0.25) is 4.79 Å². The lowest BCUT2D eigenvalue weighted by molar-refractivity contribution is -0.907. The van der Waals surface area contributed by atoms with E-state index in [0.717, 1.165) is 36.5 Å². The smallest absolute Gasteiger partial charge is 0.279 e. The number of anilines is 1. The molecule has 2 aliphatic heterocycles. The van der Waals surface area contributed by atoms with Crippen LogP contribution in [0.4, 0.5) is 5.69 Å². The Morgan fingerprint density at radius 1 is 1.17 bits per heavy atom. The Labute approximate surface area is 141 Å². The molecule has 0 saturated carbocycles. The van der Waals surface area contributed by atoms with E-state index in [1.165, 1.54) is 16.0 Å². The fourth-order valence-electron chi connectivity index (χ4n) is 3.39. The third-order valence-electron chi connectivity index (χ3n) is 4.71. The zero-order chi connectivity index (χ0) is 16.5. The highest BCUT2D eigenvalue weighted by atomic mass is 16.7. The maximum absolute atomic E-state index is 12.4. The van der Waals surface area contributed by atoms with Gasteiger partial charge in [0.25, 0.3) is 5.91 Å². The Morgan fingerprint density at radius 3 is 2.75 bits per heavy atom. The molecule has 0 fully saturated rings. The number of carbonyl (C=O) groups is 1. The summed E-state index contributed by atoms with van der Waals surface area (Å²) in [4.78, 5) is 13.7. The van der Waals surface area contributed by atoms with Crippen molar-refractivity contribution < 1.29 is 19.2 Å². The standard InChI is InChI=1S/C19H20N2O3/c1-13-8-17-18(24-12-23-17)9-16(13)20-19(22)11-21-7-6-14-4-2-3-5-15(14)10-21/h2-5,8-9H,6-7,10-12H2,1H3,(H,20,22)/p+1. The van der Waals surface area contributed by atoms with Crippen LogP contribution in [-0.2, 0) is 17.8 Å². The SMILES string of the molecule is Cc1cc2c(cc1NC(=O)C[NH+]1CCc3ccccc3C1)OCO2. The van der Waals surface area contributed by atoms with E-state index in [1.807, 2.05) is 19.1 Å². The minimum absolute atomic E-state index is 0.0337. The largest absolute Gasteiger partial charge is 0.454 e. The average molecular weight is 325 g/mol. The summed E-state index contributed by atoms with van der Waals surface area (Å²) in [5, 5.41) is 3.02. The molecular formula is C19H21N2O3+. The summed E-state index contributed by atoms with van der Waals surface area (Å²) < 4.78 is 10.7. The summed E-state index contributed by atoms with van der Waals surface area (Å²) in [5.74, 6) is 1.46. The third kappa shape index (κ3) is 2.95. The third-order valence-corrected chi connectivity index (χ3v) is 4.71. The first-order chi connectivity index (χ1) is 11.7. The van der Waals surface area contributed by atoms with Gasteiger partial charge >= 0.3 is 0 Å². The number of hydrogen-bond donors (Lipinski definition) is 2. The molecule has 0 radical (unpaired) electrons. The molecule has 4 rings (SSSR count). The van der Waals surface area contributed by atoms with Crippen molar-refractivity contribution in [2.75, 3.05) is 25.2 Å². The number of fused-ring (bicyclic) bond motifs is 2. The molecule has 0 bridgehead atoms. The van der Waals surface area contributed by atoms with Gasteiger partial charge in [-0.05, 0) is 24.1 Å². The normalized spacial score (nSPS) is 18.1. The van der Waals surface area contributed by atoms with E-state index in [0.29, 0.717) is 12.3 Å². The lowest BCUT2D eigenvalue weighted by Crippen LogP contribution is -3.12. The second-order valence-electron chi connectivity index (χ2n) is 6.44. The number of aryl methyl sites for hydroxylation is 1. The number of amides is 1. The van der Waals surface area contributed by atoms with Gasteiger partial charge in [-0.2, -0.15) is 0 Å². The lowest BCUT2D eigenvalue weighted by atomic mass is 10.00. The predicted molar refractivity (Wildman–Crippen MR) is 90.5 cm³/mol. The van der Waals surface area contributed by atoms with Crippen molar-refractivity contribution in [3.8, 4) is 11.5 Å². The van der Waals surface area contributed by atoms with Crippen molar-refractivity contribution in [1.82, 2.24) is 0 Å². The lowest BCUT2D eigenvalue weighted by Gasteiger charge is -2.25. The van der Waals surface area contributed by atoms with Crippen LogP contribution in [0.5, 0.6) is 11.5 Å². The summed E-state index contributed by atoms with van der Waals surface area (Å²) in [6.07, 6.45) is 1.03. The van der Waals surface area contributed by atoms with E-state index in [2.05, 4.69) is 29.6 Å². The molecule has 1 unspecified atom stereocenters. The Hall–Kier alpha value is -2.53. The van der Waals surface area contributed by atoms with Gasteiger partial charge in [-0.1, -0.05) is 24.3 Å². The molecule has 1 amide bonds. The van der Waals surface area contributed by atoms with Crippen LogP contribution in [-0.4, -0.2) is 25.8 Å². The van der Waals surface area contributed by atoms with Crippen LogP contribution >= 0.6 is 0 Å². The molecule has 0 aromatic heterocycles. The topological polar surface area (TPSA) is 52.0 Å². The van der Waals surface area contributed by atoms with Crippen molar-refractivity contribution >= 4 is 11.6 Å². The minimum atomic E-state index is 0.0337. The van der Waals surface area contributed by atoms with E-state index in [-0.39, 0.29) is 12.7 Å². The number of carbonyl (C=O) groups excluding carboxylic acids is 1. The summed E-state index contributed by atoms with van der Waals surface area (Å²) in [6.45, 7) is 4.57. The Balaban J connectivity index is 1.41. The van der Waals surface area contributed by atoms with Gasteiger partial charge in [0.1, 0.15) is 6.54 Å². The first-order valence-corrected chi connectivity index (χ1v) is 8.29. The van der Waals surface area contributed by atoms with Gasteiger partial charge in [0.15, 0.2) is 18.0 Å². The zero-order valence-corrected chi connectivity index (χ0v) is 13.7. The van der Waals surface area contributed by atoms with Crippen LogP contribution in [0.2, 0.25) is 0 Å². The van der Waals surface area contributed by atoms with Crippen LogP contribution in [0.15, 0.2) is 36.4 Å². The molecule has 2 aliphatic rings. The number of hydrogen-bond acceptors (Lipinski definition) is 3. The molecule has 2 N–H and O–H groups in total. The summed E-state index contributed by atoms with van der Waals surface area (Å²) >= 11 is 0. The van der Waals surface area contributed by atoms with Crippen LogP contribution < -0.4 is 19.7 Å². The van der Waals surface area contributed by atoms with Crippen LogP contribution in [0.1, 0.15) is 16.7 Å². The predicted octanol–water partition coefficient (Wildman–Crippen LogP) is 1.30. The Morgan fingerprint density at radius 2 is 1.92 bits per heavy atom. The first kappa shape index (κ1) is 15.0. The van der Waals surface area contributed by atoms with E-state index >= 15 is 0 Å². The molecule has 0 spiro atoms. The van der Waals surface area contributed by atoms with Crippen LogP contribution in [0, 0.1) is 6.92 Å². The van der Waals surface area contributed by atoms with E-state index in [1.54, 1.807) is 0 Å². The monoisotopic (exact) mass is 325 g/mol. The van der Waals surface area contributed by atoms with Crippen LogP contribution in [0.3, 0.4) is 0 Å². The molecule has 0 aliphatic carbocycles. The summed E-state index contributed by atoms with van der Waals surface area (Å²) in [5.41, 5.74) is 4.53. The highest BCUT2D eigenvalue weighted by molar-refractivity contribution is 5.92. The zero-order valence-electron chi connectivity index (χ0n) is 13.7. The van der Waals surface area contributed by atoms with E-state index in [4.69, 9.17) is 9.47 Å². The average Bonchev–Trinajstić information content (AvgIpc) is 3.02. The Bertz CT molecular complexity index is 788. The molecule has 0 saturated heterocycles. The molecule has 24 heavy (non-hydrogen) atoms. The number of nitrogens with one attached hydrogen (secondary N) is 2. The molecule has 5 nitrogen and oxygen atoms in total. The highest BCUT2D eigenvalue weighted by Gasteiger charge is 2.22. The van der Waals surface area contributed by atoms with E-state index < -0.39 is 0 Å². The van der Waals surface area contributed by atoms with Gasteiger partial charge in [0.05, 0.1) is 6.54 Å². The second kappa shape index (κ2) is 6.17. The van der Waals surface area contributed by atoms with Crippen molar-refractivity contribution in [1.29, 1.82) is 0 Å². The molecule has 2 aromatic carbocycles. The quantitative estimate of drug-likeness (QED) is 0.894. The van der Waals surface area contributed by atoms with Gasteiger partial charge in [0, 0.05) is 23.7 Å². The fraction of sp³-hybridized carbons (Fsp3) is 0.316. The van der Waals surface area contributed by atoms with Crippen molar-refractivity contribution in [3.63, 3.8) is 0 Å². The number of ether oxygens (including phenoxy) is 2. The molecular weight excluding hydrogens is 304 g/mol. The van der Waals surface area contributed by atoms with Crippen LogP contribution in [0.25, 0.3) is 0 Å². The first-order valence-electron chi connectivity index (χ1n) is 8.29. The molecule has 5 heteroatoms.